The molecule has 0 radical (unpaired) electrons. The lowest BCUT2D eigenvalue weighted by Gasteiger charge is -2.43. The second-order valence-electron chi connectivity index (χ2n) is 5.56. The summed E-state index contributed by atoms with van der Waals surface area (Å²) in [6.45, 7) is 8.06. The first-order chi connectivity index (χ1) is 6.83. The van der Waals surface area contributed by atoms with Crippen LogP contribution in [-0.2, 0) is 4.79 Å². The molecule has 3 atom stereocenters. The Bertz CT molecular complexity index is 266. The van der Waals surface area contributed by atoms with Crippen molar-refractivity contribution in [1.29, 1.82) is 0 Å². The second kappa shape index (κ2) is 4.48. The van der Waals surface area contributed by atoms with Crippen LogP contribution in [0, 0.1) is 17.3 Å². The number of hydrogen-bond acceptors (Lipinski definition) is 2. The minimum atomic E-state index is -0.183. The number of carbonyl (C=O) groups excluding carboxylic acids is 1. The molecule has 2 heteroatoms. The zero-order valence-corrected chi connectivity index (χ0v) is 10.2. The lowest BCUT2D eigenvalue weighted by Crippen LogP contribution is -2.38. The number of allylic oxidation sites excluding steroid dienone is 2. The van der Waals surface area contributed by atoms with Gasteiger partial charge in [-0.1, -0.05) is 26.8 Å². The Kier molecular flexibility index (Phi) is 3.72. The molecule has 1 rings (SSSR count). The van der Waals surface area contributed by atoms with E-state index in [1.165, 1.54) is 0 Å². The Morgan fingerprint density at radius 3 is 2.53 bits per heavy atom. The molecule has 0 saturated heterocycles. The fraction of sp³-hybridized carbons (Fsp3) is 0.769. The SMILES string of the molecule is CC(=O)C=C[C@H]1[C@H](C)C[C@H](O)CC1(C)C. The van der Waals surface area contributed by atoms with Crippen molar-refractivity contribution in [3.63, 3.8) is 0 Å². The van der Waals surface area contributed by atoms with Crippen LogP contribution in [0.3, 0.4) is 0 Å². The lowest BCUT2D eigenvalue weighted by atomic mass is 9.63. The van der Waals surface area contributed by atoms with Gasteiger partial charge in [-0.05, 0) is 43.1 Å². The molecule has 0 aliphatic heterocycles. The minimum absolute atomic E-state index is 0.0863. The molecule has 0 aromatic heterocycles. The summed E-state index contributed by atoms with van der Waals surface area (Å²) in [5, 5.41) is 9.72. The van der Waals surface area contributed by atoms with Crippen molar-refractivity contribution in [3.8, 4) is 0 Å². The highest BCUT2D eigenvalue weighted by Gasteiger charge is 2.38. The Morgan fingerprint density at radius 1 is 1.47 bits per heavy atom. The zero-order valence-electron chi connectivity index (χ0n) is 10.2. The van der Waals surface area contributed by atoms with E-state index in [4.69, 9.17) is 0 Å². The Hall–Kier alpha value is -0.630. The van der Waals surface area contributed by atoms with Gasteiger partial charge in [-0.3, -0.25) is 4.79 Å². The van der Waals surface area contributed by atoms with Crippen LogP contribution in [0.4, 0.5) is 0 Å². The maximum Gasteiger partial charge on any atom is 0.152 e. The van der Waals surface area contributed by atoms with Gasteiger partial charge in [0.2, 0.25) is 0 Å². The van der Waals surface area contributed by atoms with Crippen LogP contribution in [0.5, 0.6) is 0 Å². The van der Waals surface area contributed by atoms with Crippen LogP contribution in [0.25, 0.3) is 0 Å². The predicted molar refractivity (Wildman–Crippen MR) is 61.5 cm³/mol. The Morgan fingerprint density at radius 2 is 2.07 bits per heavy atom. The third kappa shape index (κ3) is 3.16. The van der Waals surface area contributed by atoms with Crippen LogP contribution < -0.4 is 0 Å². The highest BCUT2D eigenvalue weighted by molar-refractivity contribution is 5.87. The molecule has 0 bridgehead atoms. The van der Waals surface area contributed by atoms with E-state index in [-0.39, 0.29) is 17.3 Å². The maximum absolute atomic E-state index is 10.9. The maximum atomic E-state index is 10.9. The third-order valence-corrected chi connectivity index (χ3v) is 3.46. The monoisotopic (exact) mass is 210 g/mol. The number of aliphatic hydroxyl groups is 1. The van der Waals surface area contributed by atoms with E-state index in [0.717, 1.165) is 12.8 Å². The second-order valence-corrected chi connectivity index (χ2v) is 5.56. The third-order valence-electron chi connectivity index (χ3n) is 3.46. The number of ketones is 1. The molecule has 1 fully saturated rings. The smallest absolute Gasteiger partial charge is 0.152 e. The van der Waals surface area contributed by atoms with E-state index in [0.29, 0.717) is 11.8 Å². The van der Waals surface area contributed by atoms with Gasteiger partial charge in [0.25, 0.3) is 0 Å². The molecule has 2 nitrogen and oxygen atoms in total. The first-order valence-corrected chi connectivity index (χ1v) is 5.70. The number of aliphatic hydroxyl groups excluding tert-OH is 1. The average Bonchev–Trinajstić information content (AvgIpc) is 1.98. The summed E-state index contributed by atoms with van der Waals surface area (Å²) in [5.41, 5.74) is 0.0863. The van der Waals surface area contributed by atoms with Crippen LogP contribution in [0.1, 0.15) is 40.5 Å². The van der Waals surface area contributed by atoms with Gasteiger partial charge < -0.3 is 5.11 Å². The fourth-order valence-electron chi connectivity index (χ4n) is 2.86. The van der Waals surface area contributed by atoms with E-state index >= 15 is 0 Å². The Labute approximate surface area is 92.4 Å². The van der Waals surface area contributed by atoms with E-state index in [1.54, 1.807) is 13.0 Å². The number of hydrogen-bond donors (Lipinski definition) is 1. The van der Waals surface area contributed by atoms with Gasteiger partial charge in [-0.2, -0.15) is 0 Å². The van der Waals surface area contributed by atoms with Crippen molar-refractivity contribution in [2.24, 2.45) is 17.3 Å². The summed E-state index contributed by atoms with van der Waals surface area (Å²) < 4.78 is 0. The molecule has 1 aliphatic rings. The predicted octanol–water partition coefficient (Wildman–Crippen LogP) is 2.56. The molecule has 0 aromatic rings. The largest absolute Gasteiger partial charge is 0.393 e. The first kappa shape index (κ1) is 12.4. The van der Waals surface area contributed by atoms with E-state index < -0.39 is 0 Å². The summed E-state index contributed by atoms with van der Waals surface area (Å²) in [6.07, 6.45) is 5.18. The number of rotatable bonds is 2. The molecule has 0 amide bonds. The van der Waals surface area contributed by atoms with Crippen LogP contribution in [0.2, 0.25) is 0 Å². The van der Waals surface area contributed by atoms with Crippen molar-refractivity contribution in [2.75, 3.05) is 0 Å². The molecule has 0 spiro atoms. The summed E-state index contributed by atoms with van der Waals surface area (Å²) in [7, 11) is 0. The van der Waals surface area contributed by atoms with Gasteiger partial charge in [0, 0.05) is 0 Å². The molecule has 1 N–H and O–H groups in total. The van der Waals surface area contributed by atoms with Crippen LogP contribution >= 0.6 is 0 Å². The van der Waals surface area contributed by atoms with Crippen molar-refractivity contribution >= 4 is 5.78 Å². The molecule has 1 saturated carbocycles. The highest BCUT2D eigenvalue weighted by Crippen LogP contribution is 2.44. The van der Waals surface area contributed by atoms with Crippen molar-refractivity contribution in [2.45, 2.75) is 46.6 Å². The summed E-state index contributed by atoms with van der Waals surface area (Å²) in [6, 6.07) is 0. The molecule has 1 aliphatic carbocycles. The van der Waals surface area contributed by atoms with Gasteiger partial charge >= 0.3 is 0 Å². The van der Waals surface area contributed by atoms with Crippen LogP contribution in [-0.4, -0.2) is 17.0 Å². The molecule has 0 unspecified atom stereocenters. The van der Waals surface area contributed by atoms with Crippen molar-refractivity contribution < 1.29 is 9.90 Å². The molecule has 0 heterocycles. The van der Waals surface area contributed by atoms with Gasteiger partial charge in [0.15, 0.2) is 5.78 Å². The van der Waals surface area contributed by atoms with Gasteiger partial charge in [-0.25, -0.2) is 0 Å². The number of carbonyl (C=O) groups is 1. The fourth-order valence-corrected chi connectivity index (χ4v) is 2.86. The van der Waals surface area contributed by atoms with Gasteiger partial charge in [0.05, 0.1) is 6.10 Å². The van der Waals surface area contributed by atoms with Crippen molar-refractivity contribution in [3.05, 3.63) is 12.2 Å². The topological polar surface area (TPSA) is 37.3 Å². The zero-order chi connectivity index (χ0) is 11.6. The normalized spacial score (nSPS) is 35.7. The highest BCUT2D eigenvalue weighted by atomic mass is 16.3. The van der Waals surface area contributed by atoms with Crippen molar-refractivity contribution in [1.82, 2.24) is 0 Å². The summed E-state index contributed by atoms with van der Waals surface area (Å²) in [4.78, 5) is 10.9. The standard InChI is InChI=1S/C13H22O2/c1-9-7-11(15)8-13(3,4)12(9)6-5-10(2)14/h5-6,9,11-12,15H,7-8H2,1-4H3/t9-,11+,12+/m1/s1. The molecule has 15 heavy (non-hydrogen) atoms. The van der Waals surface area contributed by atoms with E-state index in [1.807, 2.05) is 6.08 Å². The van der Waals surface area contributed by atoms with Gasteiger partial charge in [0.1, 0.15) is 0 Å². The quantitative estimate of drug-likeness (QED) is 0.711. The first-order valence-electron chi connectivity index (χ1n) is 5.70. The van der Waals surface area contributed by atoms with Gasteiger partial charge in [-0.15, -0.1) is 0 Å². The molecular formula is C13H22O2. The molecular weight excluding hydrogens is 188 g/mol. The average molecular weight is 210 g/mol. The lowest BCUT2D eigenvalue weighted by molar-refractivity contribution is -0.112. The summed E-state index contributed by atoms with van der Waals surface area (Å²) in [5.74, 6) is 0.938. The minimum Gasteiger partial charge on any atom is -0.393 e. The van der Waals surface area contributed by atoms with E-state index in [2.05, 4.69) is 20.8 Å². The molecule has 86 valence electrons. The summed E-state index contributed by atoms with van der Waals surface area (Å²) >= 11 is 0. The molecule has 0 aromatic carbocycles. The Balaban J connectivity index is 2.80. The van der Waals surface area contributed by atoms with Crippen LogP contribution in [0.15, 0.2) is 12.2 Å². The van der Waals surface area contributed by atoms with E-state index in [9.17, 15) is 9.90 Å².